The van der Waals surface area contributed by atoms with Crippen molar-refractivity contribution in [3.8, 4) is 0 Å². The third-order valence-corrected chi connectivity index (χ3v) is 2.12. The van der Waals surface area contributed by atoms with E-state index in [0.717, 1.165) is 32.6 Å². The van der Waals surface area contributed by atoms with E-state index in [1.165, 1.54) is 12.8 Å². The van der Waals surface area contributed by atoms with Crippen LogP contribution in [-0.4, -0.2) is 38.8 Å². The Hall–Kier alpha value is -0.160. The molecule has 0 heterocycles. The molecule has 0 aliphatic rings. The normalized spacial score (nSPS) is 13.1. The van der Waals surface area contributed by atoms with E-state index in [4.69, 9.17) is 11.5 Å². The quantitative estimate of drug-likeness (QED) is 0.365. The zero-order valence-corrected chi connectivity index (χ0v) is 9.39. The molecule has 0 aromatic rings. The summed E-state index contributed by atoms with van der Waals surface area (Å²) >= 11 is 0. The highest BCUT2D eigenvalue weighted by Gasteiger charge is 1.96. The topological polar surface area (TPSA) is 76.1 Å². The van der Waals surface area contributed by atoms with Gasteiger partial charge in [-0.3, -0.25) is 0 Å². The predicted molar refractivity (Wildman–Crippen MR) is 62.3 cm³/mol. The molecule has 4 nitrogen and oxygen atoms in total. The Morgan fingerprint density at radius 2 is 1.71 bits per heavy atom. The van der Waals surface area contributed by atoms with Crippen LogP contribution in [0.1, 0.15) is 26.2 Å². The lowest BCUT2D eigenvalue weighted by molar-refractivity contribution is 0.547. The molecule has 14 heavy (non-hydrogen) atoms. The highest BCUT2D eigenvalue weighted by Crippen LogP contribution is 1.82. The van der Waals surface area contributed by atoms with Gasteiger partial charge in [0.15, 0.2) is 0 Å². The number of unbranched alkanes of at least 4 members (excludes halogenated alkanes) is 1. The van der Waals surface area contributed by atoms with Crippen molar-refractivity contribution in [2.45, 2.75) is 32.2 Å². The van der Waals surface area contributed by atoms with Gasteiger partial charge in [0, 0.05) is 19.1 Å². The lowest BCUT2D eigenvalue weighted by atomic mass is 10.3. The van der Waals surface area contributed by atoms with Crippen molar-refractivity contribution in [3.63, 3.8) is 0 Å². The maximum absolute atomic E-state index is 5.65. The Bertz CT molecular complexity index is 108. The SMILES string of the molecule is CCCCNCCCNCC(N)CN. The summed E-state index contributed by atoms with van der Waals surface area (Å²) in [6, 6.07) is 0.100. The summed E-state index contributed by atoms with van der Waals surface area (Å²) in [6.45, 7) is 6.83. The molecule has 86 valence electrons. The summed E-state index contributed by atoms with van der Waals surface area (Å²) in [7, 11) is 0. The summed E-state index contributed by atoms with van der Waals surface area (Å²) in [5, 5.41) is 6.67. The average Bonchev–Trinajstić information content (AvgIpc) is 2.21. The minimum atomic E-state index is 0.100. The first-order chi connectivity index (χ1) is 6.81. The van der Waals surface area contributed by atoms with E-state index in [1.54, 1.807) is 0 Å². The molecular formula is C10H26N4. The van der Waals surface area contributed by atoms with Gasteiger partial charge < -0.3 is 22.1 Å². The van der Waals surface area contributed by atoms with E-state index >= 15 is 0 Å². The maximum atomic E-state index is 5.65. The van der Waals surface area contributed by atoms with E-state index in [-0.39, 0.29) is 6.04 Å². The highest BCUT2D eigenvalue weighted by atomic mass is 14.9. The van der Waals surface area contributed by atoms with Crippen molar-refractivity contribution in [2.75, 3.05) is 32.7 Å². The number of hydrogen-bond donors (Lipinski definition) is 4. The number of rotatable bonds is 10. The van der Waals surface area contributed by atoms with Gasteiger partial charge in [-0.2, -0.15) is 0 Å². The van der Waals surface area contributed by atoms with Crippen LogP contribution in [-0.2, 0) is 0 Å². The van der Waals surface area contributed by atoms with Crippen LogP contribution < -0.4 is 22.1 Å². The molecular weight excluding hydrogens is 176 g/mol. The van der Waals surface area contributed by atoms with Crippen LogP contribution in [0.4, 0.5) is 0 Å². The van der Waals surface area contributed by atoms with Crippen LogP contribution in [0.2, 0.25) is 0 Å². The van der Waals surface area contributed by atoms with Crippen molar-refractivity contribution >= 4 is 0 Å². The average molecular weight is 202 g/mol. The Labute approximate surface area is 87.8 Å². The van der Waals surface area contributed by atoms with Gasteiger partial charge in [-0.25, -0.2) is 0 Å². The van der Waals surface area contributed by atoms with Gasteiger partial charge >= 0.3 is 0 Å². The molecule has 0 aromatic carbocycles. The Morgan fingerprint density at radius 1 is 1.07 bits per heavy atom. The first kappa shape index (κ1) is 13.8. The molecule has 0 saturated heterocycles. The van der Waals surface area contributed by atoms with Gasteiger partial charge in [0.2, 0.25) is 0 Å². The molecule has 6 N–H and O–H groups in total. The van der Waals surface area contributed by atoms with Crippen LogP contribution in [0, 0.1) is 0 Å². The first-order valence-corrected chi connectivity index (χ1v) is 5.68. The molecule has 0 aromatic heterocycles. The monoisotopic (exact) mass is 202 g/mol. The Balaban J connectivity index is 2.92. The second kappa shape index (κ2) is 10.9. The van der Waals surface area contributed by atoms with E-state index in [2.05, 4.69) is 17.6 Å². The van der Waals surface area contributed by atoms with E-state index in [9.17, 15) is 0 Å². The van der Waals surface area contributed by atoms with Crippen molar-refractivity contribution in [2.24, 2.45) is 11.5 Å². The number of hydrogen-bond acceptors (Lipinski definition) is 4. The molecule has 0 saturated carbocycles. The molecule has 0 aliphatic heterocycles. The zero-order chi connectivity index (χ0) is 10.6. The third kappa shape index (κ3) is 9.92. The van der Waals surface area contributed by atoms with Crippen LogP contribution in [0.3, 0.4) is 0 Å². The lowest BCUT2D eigenvalue weighted by Crippen LogP contribution is -2.40. The fourth-order valence-electron chi connectivity index (χ4n) is 1.14. The van der Waals surface area contributed by atoms with Gasteiger partial charge in [0.05, 0.1) is 0 Å². The van der Waals surface area contributed by atoms with Crippen LogP contribution >= 0.6 is 0 Å². The predicted octanol–water partition coefficient (Wildman–Crippen LogP) is -0.358. The van der Waals surface area contributed by atoms with Crippen molar-refractivity contribution in [1.82, 2.24) is 10.6 Å². The molecule has 4 heteroatoms. The first-order valence-electron chi connectivity index (χ1n) is 5.68. The Kier molecular flexibility index (Phi) is 10.8. The summed E-state index contributed by atoms with van der Waals surface area (Å²) in [4.78, 5) is 0. The van der Waals surface area contributed by atoms with Crippen molar-refractivity contribution in [1.29, 1.82) is 0 Å². The van der Waals surface area contributed by atoms with Gasteiger partial charge in [-0.1, -0.05) is 13.3 Å². The Morgan fingerprint density at radius 3 is 2.36 bits per heavy atom. The largest absolute Gasteiger partial charge is 0.329 e. The van der Waals surface area contributed by atoms with Crippen molar-refractivity contribution < 1.29 is 0 Å². The van der Waals surface area contributed by atoms with Gasteiger partial charge in [-0.05, 0) is 32.5 Å². The standard InChI is InChI=1S/C10H26N4/c1-2-3-5-13-6-4-7-14-9-10(12)8-11/h10,13-14H,2-9,11-12H2,1H3. The molecule has 0 fully saturated rings. The zero-order valence-electron chi connectivity index (χ0n) is 9.39. The molecule has 0 spiro atoms. The molecule has 1 unspecified atom stereocenters. The molecule has 1 atom stereocenters. The second-order valence-corrected chi connectivity index (χ2v) is 3.66. The number of nitrogens with one attached hydrogen (secondary N) is 2. The fraction of sp³-hybridized carbons (Fsp3) is 1.00. The second-order valence-electron chi connectivity index (χ2n) is 3.66. The minimum absolute atomic E-state index is 0.100. The molecule has 0 aliphatic carbocycles. The van der Waals surface area contributed by atoms with Gasteiger partial charge in [0.25, 0.3) is 0 Å². The lowest BCUT2D eigenvalue weighted by Gasteiger charge is -2.10. The van der Waals surface area contributed by atoms with Gasteiger partial charge in [-0.15, -0.1) is 0 Å². The summed E-state index contributed by atoms with van der Waals surface area (Å²) in [5.41, 5.74) is 11.0. The minimum Gasteiger partial charge on any atom is -0.329 e. The van der Waals surface area contributed by atoms with E-state index < -0.39 is 0 Å². The number of nitrogens with two attached hydrogens (primary N) is 2. The highest BCUT2D eigenvalue weighted by molar-refractivity contribution is 4.64. The molecule has 0 bridgehead atoms. The van der Waals surface area contributed by atoms with Crippen LogP contribution in [0.15, 0.2) is 0 Å². The van der Waals surface area contributed by atoms with Crippen molar-refractivity contribution in [3.05, 3.63) is 0 Å². The summed E-state index contributed by atoms with van der Waals surface area (Å²) in [6.07, 6.45) is 3.68. The van der Waals surface area contributed by atoms with Gasteiger partial charge in [0.1, 0.15) is 0 Å². The third-order valence-electron chi connectivity index (χ3n) is 2.12. The molecule has 0 rings (SSSR count). The van der Waals surface area contributed by atoms with Crippen LogP contribution in [0.25, 0.3) is 0 Å². The van der Waals surface area contributed by atoms with Crippen LogP contribution in [0.5, 0.6) is 0 Å². The van der Waals surface area contributed by atoms with E-state index in [1.807, 2.05) is 0 Å². The summed E-state index contributed by atoms with van der Waals surface area (Å²) < 4.78 is 0. The molecule has 0 amide bonds. The summed E-state index contributed by atoms with van der Waals surface area (Å²) in [5.74, 6) is 0. The smallest absolute Gasteiger partial charge is 0.0290 e. The fourth-order valence-corrected chi connectivity index (χ4v) is 1.14. The maximum Gasteiger partial charge on any atom is 0.0290 e. The van der Waals surface area contributed by atoms with E-state index in [0.29, 0.717) is 6.54 Å². The molecule has 0 radical (unpaired) electrons.